The molecule has 0 aliphatic carbocycles. The molecule has 0 spiro atoms. The van der Waals surface area contributed by atoms with E-state index in [0.29, 0.717) is 17.8 Å². The fourth-order valence-electron chi connectivity index (χ4n) is 3.28. The molecule has 134 valence electrons. The molecule has 0 saturated carbocycles. The first kappa shape index (κ1) is 17.8. The molecule has 1 N–H and O–H groups in total. The van der Waals surface area contributed by atoms with Gasteiger partial charge >= 0.3 is 0 Å². The summed E-state index contributed by atoms with van der Waals surface area (Å²) in [5.74, 6) is -0.207. The maximum Gasteiger partial charge on any atom is 0.269 e. The van der Waals surface area contributed by atoms with Crippen molar-refractivity contribution in [1.82, 2.24) is 15.2 Å². The van der Waals surface area contributed by atoms with Crippen LogP contribution in [0, 0.1) is 11.7 Å². The van der Waals surface area contributed by atoms with Gasteiger partial charge in [0, 0.05) is 38.7 Å². The second-order valence-electron chi connectivity index (χ2n) is 6.52. The number of likely N-dealkylation sites (tertiary alicyclic amines) is 1. The number of para-hydroxylation sites is 1. The number of ether oxygens (including phenoxy) is 1. The van der Waals surface area contributed by atoms with Crippen molar-refractivity contribution in [3.8, 4) is 0 Å². The Hall–Kier alpha value is -2.05. The van der Waals surface area contributed by atoms with Gasteiger partial charge in [0.1, 0.15) is 17.0 Å². The molecule has 1 atom stereocenters. The first-order valence-electron chi connectivity index (χ1n) is 8.72. The van der Waals surface area contributed by atoms with Crippen molar-refractivity contribution in [3.05, 3.63) is 41.8 Å². The maximum atomic E-state index is 13.8. The number of rotatable bonds is 7. The van der Waals surface area contributed by atoms with Crippen LogP contribution in [0.25, 0.3) is 10.9 Å². The number of amides is 1. The van der Waals surface area contributed by atoms with E-state index in [4.69, 9.17) is 4.74 Å². The lowest BCUT2D eigenvalue weighted by molar-refractivity contribution is 0.0942. The van der Waals surface area contributed by atoms with Crippen LogP contribution in [-0.4, -0.2) is 55.7 Å². The Morgan fingerprint density at radius 2 is 2.28 bits per heavy atom. The smallest absolute Gasteiger partial charge is 0.269 e. The molecule has 1 aromatic heterocycles. The molecule has 1 aliphatic rings. The Labute approximate surface area is 147 Å². The molecule has 6 heteroatoms. The average Bonchev–Trinajstić information content (AvgIpc) is 3.08. The molecule has 0 unspecified atom stereocenters. The number of benzene rings is 1. The summed E-state index contributed by atoms with van der Waals surface area (Å²) in [7, 11) is 1.72. The van der Waals surface area contributed by atoms with Gasteiger partial charge in [-0.15, -0.1) is 0 Å². The summed E-state index contributed by atoms with van der Waals surface area (Å²) in [5.41, 5.74) is 0.493. The summed E-state index contributed by atoms with van der Waals surface area (Å²) in [6.45, 7) is 4.48. The van der Waals surface area contributed by atoms with Crippen LogP contribution < -0.4 is 5.32 Å². The number of fused-ring (bicyclic) bond motifs is 1. The van der Waals surface area contributed by atoms with Crippen molar-refractivity contribution < 1.29 is 13.9 Å². The number of aromatic nitrogens is 1. The summed E-state index contributed by atoms with van der Waals surface area (Å²) >= 11 is 0. The van der Waals surface area contributed by atoms with Crippen LogP contribution in [0.15, 0.2) is 30.3 Å². The molecule has 1 saturated heterocycles. The number of nitrogens with one attached hydrogen (secondary N) is 1. The number of nitrogens with zero attached hydrogens (tertiary/aromatic N) is 2. The van der Waals surface area contributed by atoms with Gasteiger partial charge in [0.05, 0.1) is 0 Å². The van der Waals surface area contributed by atoms with Gasteiger partial charge in [0.15, 0.2) is 0 Å². The van der Waals surface area contributed by atoms with E-state index >= 15 is 0 Å². The van der Waals surface area contributed by atoms with Crippen LogP contribution in [0.5, 0.6) is 0 Å². The highest BCUT2D eigenvalue weighted by Gasteiger charge is 2.22. The number of carbonyl (C=O) groups is 1. The molecule has 0 radical (unpaired) electrons. The van der Waals surface area contributed by atoms with Crippen molar-refractivity contribution in [2.24, 2.45) is 5.92 Å². The molecule has 1 amide bonds. The zero-order valence-corrected chi connectivity index (χ0v) is 14.5. The van der Waals surface area contributed by atoms with Gasteiger partial charge in [-0.3, -0.25) is 4.79 Å². The number of hydrogen-bond acceptors (Lipinski definition) is 4. The minimum atomic E-state index is -0.408. The van der Waals surface area contributed by atoms with Crippen LogP contribution in [0.3, 0.4) is 0 Å². The van der Waals surface area contributed by atoms with E-state index in [1.807, 2.05) is 0 Å². The van der Waals surface area contributed by atoms with E-state index in [1.165, 1.54) is 6.07 Å². The van der Waals surface area contributed by atoms with E-state index in [1.54, 1.807) is 31.4 Å². The average molecular weight is 345 g/mol. The molecule has 1 fully saturated rings. The molecule has 25 heavy (non-hydrogen) atoms. The molecule has 2 aromatic rings. The Bertz CT molecular complexity index is 738. The van der Waals surface area contributed by atoms with Gasteiger partial charge in [-0.25, -0.2) is 9.37 Å². The third kappa shape index (κ3) is 4.52. The summed E-state index contributed by atoms with van der Waals surface area (Å²) in [4.78, 5) is 18.9. The largest absolute Gasteiger partial charge is 0.385 e. The van der Waals surface area contributed by atoms with Crippen molar-refractivity contribution in [3.63, 3.8) is 0 Å². The highest BCUT2D eigenvalue weighted by Crippen LogP contribution is 2.17. The van der Waals surface area contributed by atoms with E-state index in [0.717, 1.165) is 39.1 Å². The van der Waals surface area contributed by atoms with Gasteiger partial charge in [0.25, 0.3) is 5.91 Å². The van der Waals surface area contributed by atoms with Crippen LogP contribution in [0.1, 0.15) is 23.3 Å². The third-order valence-corrected chi connectivity index (χ3v) is 4.65. The van der Waals surface area contributed by atoms with E-state index in [-0.39, 0.29) is 17.1 Å². The number of pyridine rings is 1. The molecular weight excluding hydrogens is 321 g/mol. The summed E-state index contributed by atoms with van der Waals surface area (Å²) < 4.78 is 18.9. The molecule has 1 aromatic carbocycles. The van der Waals surface area contributed by atoms with Crippen LogP contribution in [0.2, 0.25) is 0 Å². The fourth-order valence-corrected chi connectivity index (χ4v) is 3.28. The predicted molar refractivity (Wildman–Crippen MR) is 95.1 cm³/mol. The molecule has 0 bridgehead atoms. The van der Waals surface area contributed by atoms with E-state index in [2.05, 4.69) is 15.2 Å². The summed E-state index contributed by atoms with van der Waals surface area (Å²) in [5, 5.41) is 3.63. The lowest BCUT2D eigenvalue weighted by Crippen LogP contribution is -2.31. The molecule has 1 aliphatic heterocycles. The number of methoxy groups -OCH3 is 1. The minimum absolute atomic E-state index is 0.236. The highest BCUT2D eigenvalue weighted by molar-refractivity contribution is 5.94. The Morgan fingerprint density at radius 1 is 1.40 bits per heavy atom. The molecule has 3 rings (SSSR count). The van der Waals surface area contributed by atoms with E-state index < -0.39 is 5.82 Å². The van der Waals surface area contributed by atoms with Gasteiger partial charge in [0.2, 0.25) is 0 Å². The maximum absolute atomic E-state index is 13.8. The topological polar surface area (TPSA) is 54.5 Å². The van der Waals surface area contributed by atoms with Gasteiger partial charge in [-0.1, -0.05) is 18.2 Å². The van der Waals surface area contributed by atoms with Crippen molar-refractivity contribution >= 4 is 16.8 Å². The summed E-state index contributed by atoms with van der Waals surface area (Å²) in [6.07, 6.45) is 2.11. The third-order valence-electron chi connectivity index (χ3n) is 4.65. The number of halogens is 1. The normalized spacial score (nSPS) is 17.9. The fraction of sp³-hybridized carbons (Fsp3) is 0.474. The molecule has 5 nitrogen and oxygen atoms in total. The highest BCUT2D eigenvalue weighted by atomic mass is 19.1. The lowest BCUT2D eigenvalue weighted by atomic mass is 10.1. The standard InChI is InChI=1S/C19H24FN3O2/c1-25-11-3-9-23-10-8-14(13-23)12-21-19(24)17-7-6-15-4-2-5-16(20)18(15)22-17/h2,4-7,14H,3,8-13H2,1H3,(H,21,24)/t14-/m0/s1. The quantitative estimate of drug-likeness (QED) is 0.783. The summed E-state index contributed by atoms with van der Waals surface area (Å²) in [6, 6.07) is 8.14. The number of carbonyl (C=O) groups excluding carboxylic acids is 1. The zero-order valence-electron chi connectivity index (χ0n) is 14.5. The van der Waals surface area contributed by atoms with Crippen molar-refractivity contribution in [2.75, 3.05) is 39.9 Å². The Kier molecular flexibility index (Phi) is 5.94. The SMILES string of the molecule is COCCCN1CC[C@@H](CNC(=O)c2ccc3cccc(F)c3n2)C1. The van der Waals surface area contributed by atoms with Crippen molar-refractivity contribution in [2.45, 2.75) is 12.8 Å². The predicted octanol–water partition coefficient (Wildman–Crippen LogP) is 2.46. The first-order chi connectivity index (χ1) is 12.2. The monoisotopic (exact) mass is 345 g/mol. The number of hydrogen-bond donors (Lipinski definition) is 1. The molecule has 2 heterocycles. The lowest BCUT2D eigenvalue weighted by Gasteiger charge is -2.16. The minimum Gasteiger partial charge on any atom is -0.385 e. The van der Waals surface area contributed by atoms with E-state index in [9.17, 15) is 9.18 Å². The van der Waals surface area contributed by atoms with Crippen molar-refractivity contribution in [1.29, 1.82) is 0 Å². The van der Waals surface area contributed by atoms with Gasteiger partial charge in [-0.2, -0.15) is 0 Å². The molecular formula is C19H24FN3O2. The Morgan fingerprint density at radius 3 is 3.12 bits per heavy atom. The second-order valence-corrected chi connectivity index (χ2v) is 6.52. The second kappa shape index (κ2) is 8.36. The van der Waals surface area contributed by atoms with Gasteiger partial charge < -0.3 is 15.0 Å². The Balaban J connectivity index is 1.52. The van der Waals surface area contributed by atoms with Gasteiger partial charge in [-0.05, 0) is 37.4 Å². The first-order valence-corrected chi connectivity index (χ1v) is 8.72. The van der Waals surface area contributed by atoms with Crippen LogP contribution in [-0.2, 0) is 4.74 Å². The zero-order chi connectivity index (χ0) is 17.6. The van der Waals surface area contributed by atoms with Crippen LogP contribution in [0.4, 0.5) is 4.39 Å². The van der Waals surface area contributed by atoms with Crippen LogP contribution >= 0.6 is 0 Å².